The minimum atomic E-state index is 0.170. The van der Waals surface area contributed by atoms with Crippen LogP contribution in [0.3, 0.4) is 0 Å². The molecule has 13 rings (SSSR count). The summed E-state index contributed by atoms with van der Waals surface area (Å²) in [6.45, 7) is 17.4. The Morgan fingerprint density at radius 1 is 0.260 bits per heavy atom. The minimum Gasteiger partial charge on any atom is -0.351 e. The number of hydrogen-bond donors (Lipinski definition) is 0. The molecule has 4 aliphatic rings. The Kier molecular flexibility index (Phi) is 14.8. The molecular formula is C64H69N13. The summed E-state index contributed by atoms with van der Waals surface area (Å²) in [5, 5.41) is 0. The molecule has 9 aromatic rings. The van der Waals surface area contributed by atoms with Crippen LogP contribution in [0, 0.1) is 27.7 Å². The van der Waals surface area contributed by atoms with Crippen LogP contribution >= 0.6 is 0 Å². The number of aryl methyl sites for hydroxylation is 4. The van der Waals surface area contributed by atoms with Crippen molar-refractivity contribution < 1.29 is 0 Å². The molecule has 13 heteroatoms. The van der Waals surface area contributed by atoms with E-state index in [1.54, 1.807) is 12.4 Å². The Balaban J connectivity index is 0.000000117. The van der Waals surface area contributed by atoms with Crippen molar-refractivity contribution >= 4 is 74.6 Å². The van der Waals surface area contributed by atoms with Gasteiger partial charge in [-0.15, -0.1) is 0 Å². The molecule has 4 aromatic heterocycles. The van der Waals surface area contributed by atoms with Gasteiger partial charge in [0.25, 0.3) is 0 Å². The molecule has 5 aromatic carbocycles. The van der Waals surface area contributed by atoms with Crippen molar-refractivity contribution in [3.63, 3.8) is 0 Å². The van der Waals surface area contributed by atoms with Crippen molar-refractivity contribution in [2.24, 2.45) is 0 Å². The van der Waals surface area contributed by atoms with Gasteiger partial charge in [0.15, 0.2) is 29.1 Å². The zero-order chi connectivity index (χ0) is 53.9. The summed E-state index contributed by atoms with van der Waals surface area (Å²) < 4.78 is 0. The van der Waals surface area contributed by atoms with Crippen molar-refractivity contribution in [3.8, 4) is 0 Å². The Morgan fingerprint density at radius 3 is 1.09 bits per heavy atom. The number of fused-ring (bicyclic) bond motifs is 4. The number of para-hydroxylation sites is 5. The van der Waals surface area contributed by atoms with Crippen LogP contribution in [0.25, 0.3) is 0 Å². The van der Waals surface area contributed by atoms with Crippen LogP contribution in [0.4, 0.5) is 74.6 Å². The molecule has 0 N–H and O–H groups in total. The predicted molar refractivity (Wildman–Crippen MR) is 320 cm³/mol. The highest BCUT2D eigenvalue weighted by Gasteiger charge is 2.38. The minimum absolute atomic E-state index is 0.170. The Labute approximate surface area is 455 Å². The van der Waals surface area contributed by atoms with E-state index in [0.29, 0.717) is 0 Å². The van der Waals surface area contributed by atoms with Gasteiger partial charge in [0, 0.05) is 80.6 Å². The van der Waals surface area contributed by atoms with Gasteiger partial charge in [0.1, 0.15) is 24.7 Å². The molecule has 0 saturated carbocycles. The van der Waals surface area contributed by atoms with Crippen molar-refractivity contribution in [1.29, 1.82) is 0 Å². The van der Waals surface area contributed by atoms with E-state index >= 15 is 0 Å². The van der Waals surface area contributed by atoms with E-state index in [1.807, 2.05) is 42.9 Å². The zero-order valence-electron chi connectivity index (χ0n) is 46.1. The van der Waals surface area contributed by atoms with Gasteiger partial charge in [0.05, 0.1) is 17.1 Å². The Morgan fingerprint density at radius 2 is 0.584 bits per heavy atom. The van der Waals surface area contributed by atoms with Crippen LogP contribution in [-0.2, 0) is 0 Å². The molecule has 0 bridgehead atoms. The summed E-state index contributed by atoms with van der Waals surface area (Å²) in [5.41, 5.74) is 14.6. The maximum atomic E-state index is 4.67. The van der Waals surface area contributed by atoms with Gasteiger partial charge in [-0.3, -0.25) is 0 Å². The second-order valence-corrected chi connectivity index (χ2v) is 19.9. The number of pyridine rings is 3. The van der Waals surface area contributed by atoms with Crippen LogP contribution < -0.4 is 39.2 Å². The predicted octanol–water partition coefficient (Wildman–Crippen LogP) is 14.4. The summed E-state index contributed by atoms with van der Waals surface area (Å²) in [4.78, 5) is 40.7. The van der Waals surface area contributed by atoms with Gasteiger partial charge >= 0.3 is 0 Å². The summed E-state index contributed by atoms with van der Waals surface area (Å²) in [5.74, 6) is 4.98. The number of nitrogens with zero attached hydrogens (tertiary/aromatic N) is 13. The first kappa shape index (κ1) is 51.5. The third-order valence-electron chi connectivity index (χ3n) is 15.3. The van der Waals surface area contributed by atoms with Crippen molar-refractivity contribution in [2.45, 2.75) is 80.1 Å². The average molecular weight is 1020 g/mol. The SMILES string of the molecule is Cc1ccccc1N1c2cccnc2N(C)C1C.Cc1ccccc1N1c2ncccc2N(C)C1C.Cc1ccccc1N1c2ncccc2N(c2ccccc2)C1C.Cc1ccccc1N1c2nccnc2N(C)C1C. The smallest absolute Gasteiger partial charge is 0.178 e. The number of hydrogen-bond acceptors (Lipinski definition) is 13. The lowest BCUT2D eigenvalue weighted by Crippen LogP contribution is -2.36. The average Bonchev–Trinajstić information content (AvgIpc) is 4.24. The molecule has 0 fully saturated rings. The molecule has 0 saturated heterocycles. The lowest BCUT2D eigenvalue weighted by Gasteiger charge is -2.30. The van der Waals surface area contributed by atoms with Crippen LogP contribution in [0.2, 0.25) is 0 Å². The Hall–Kier alpha value is -8.97. The van der Waals surface area contributed by atoms with E-state index in [-0.39, 0.29) is 24.7 Å². The number of anilines is 13. The van der Waals surface area contributed by atoms with E-state index < -0.39 is 0 Å². The maximum absolute atomic E-state index is 4.67. The van der Waals surface area contributed by atoms with Crippen LogP contribution in [0.1, 0.15) is 49.9 Å². The summed E-state index contributed by atoms with van der Waals surface area (Å²) in [6.07, 6.45) is 10.0. The van der Waals surface area contributed by atoms with E-state index in [9.17, 15) is 0 Å². The third kappa shape index (κ3) is 9.69. The lowest BCUT2D eigenvalue weighted by atomic mass is 10.1. The molecule has 13 nitrogen and oxygen atoms in total. The van der Waals surface area contributed by atoms with Gasteiger partial charge < -0.3 is 39.2 Å². The van der Waals surface area contributed by atoms with Gasteiger partial charge in [0.2, 0.25) is 0 Å². The van der Waals surface area contributed by atoms with E-state index in [1.165, 1.54) is 62.1 Å². The first-order valence-corrected chi connectivity index (χ1v) is 26.5. The third-order valence-corrected chi connectivity index (χ3v) is 15.3. The second-order valence-electron chi connectivity index (χ2n) is 19.9. The molecule has 0 radical (unpaired) electrons. The van der Waals surface area contributed by atoms with E-state index in [4.69, 9.17) is 0 Å². The lowest BCUT2D eigenvalue weighted by molar-refractivity contribution is 0.726. The summed E-state index contributed by atoms with van der Waals surface area (Å²) in [7, 11) is 6.26. The monoisotopic (exact) mass is 1020 g/mol. The topological polar surface area (TPSA) is 90.4 Å². The van der Waals surface area contributed by atoms with Crippen molar-refractivity contribution in [2.75, 3.05) is 60.3 Å². The molecule has 4 aliphatic heterocycles. The number of benzene rings is 5. The normalized spacial score (nSPS) is 17.6. The van der Waals surface area contributed by atoms with E-state index in [2.05, 4.69) is 280 Å². The number of aromatic nitrogens is 5. The van der Waals surface area contributed by atoms with Crippen LogP contribution in [0.15, 0.2) is 195 Å². The maximum Gasteiger partial charge on any atom is 0.178 e. The summed E-state index contributed by atoms with van der Waals surface area (Å²) >= 11 is 0. The highest BCUT2D eigenvalue weighted by molar-refractivity contribution is 5.87. The molecule has 77 heavy (non-hydrogen) atoms. The number of rotatable bonds is 5. The zero-order valence-corrected chi connectivity index (χ0v) is 46.1. The molecule has 390 valence electrons. The molecule has 4 atom stereocenters. The summed E-state index contributed by atoms with van der Waals surface area (Å²) in [6, 6.07) is 56.7. The highest BCUT2D eigenvalue weighted by atomic mass is 15.5. The first-order valence-electron chi connectivity index (χ1n) is 26.5. The quantitative estimate of drug-likeness (QED) is 0.164. The van der Waals surface area contributed by atoms with Crippen LogP contribution in [0.5, 0.6) is 0 Å². The second kappa shape index (κ2) is 22.1. The molecule has 0 spiro atoms. The molecular weight excluding hydrogens is 951 g/mol. The Bertz CT molecular complexity index is 3230. The van der Waals surface area contributed by atoms with Gasteiger partial charge in [-0.25, -0.2) is 24.9 Å². The van der Waals surface area contributed by atoms with Crippen LogP contribution in [-0.4, -0.2) is 70.7 Å². The molecule has 8 heterocycles. The van der Waals surface area contributed by atoms with Gasteiger partial charge in [-0.2, -0.15) is 0 Å². The standard InChI is InChI=1S/C20H19N3.2C15H17N3.C14H16N4/c1-15-9-6-7-12-18(15)23-16(2)22(17-10-4-3-5-11-17)19-13-8-14-21-20(19)23;1-11-7-4-5-8-13(11)18-12(2)17(3)15-14(18)9-6-10-16-15;1-11-7-4-5-8-13(11)18-12(2)17(3)14-9-6-10-16-15(14)18;1-10-6-4-5-7-12(10)18-11(2)17(3)13-14(18)16-9-8-15-13/h3-14,16H,1-2H3;2*4-10,12H,1-3H3;4-9,11H,1-3H3. The fourth-order valence-corrected chi connectivity index (χ4v) is 10.9. The molecule has 4 unspecified atom stereocenters. The van der Waals surface area contributed by atoms with Crippen molar-refractivity contribution in [3.05, 3.63) is 217 Å². The molecule has 0 amide bonds. The van der Waals surface area contributed by atoms with E-state index in [0.717, 1.165) is 34.8 Å². The molecule has 0 aliphatic carbocycles. The van der Waals surface area contributed by atoms with Gasteiger partial charge in [-0.1, -0.05) is 91.0 Å². The first-order chi connectivity index (χ1) is 37.4. The van der Waals surface area contributed by atoms with Crippen molar-refractivity contribution in [1.82, 2.24) is 24.9 Å². The fourth-order valence-electron chi connectivity index (χ4n) is 10.9. The largest absolute Gasteiger partial charge is 0.351 e. The highest BCUT2D eigenvalue weighted by Crippen LogP contribution is 2.48. The van der Waals surface area contributed by atoms with Gasteiger partial charge in [-0.05, 0) is 150 Å². The fraction of sp³-hybridized carbons (Fsp3) is 0.234.